The molecule has 0 saturated heterocycles. The van der Waals surface area contributed by atoms with Gasteiger partial charge in [-0.15, -0.1) is 11.3 Å². The SMILES string of the molecule is C=Cc1ccc(N)c(C(=N)/C=C/c2cccs2)c1CC. The first-order chi connectivity index (χ1) is 9.67. The van der Waals surface area contributed by atoms with Crippen molar-refractivity contribution in [1.29, 1.82) is 5.41 Å². The molecule has 0 fully saturated rings. The van der Waals surface area contributed by atoms with Crippen LogP contribution in [0.3, 0.4) is 0 Å². The van der Waals surface area contributed by atoms with Crippen molar-refractivity contribution in [2.75, 3.05) is 5.73 Å². The Morgan fingerprint density at radius 2 is 2.20 bits per heavy atom. The molecule has 3 heteroatoms. The van der Waals surface area contributed by atoms with Gasteiger partial charge in [0.1, 0.15) is 0 Å². The summed E-state index contributed by atoms with van der Waals surface area (Å²) < 4.78 is 0. The minimum absolute atomic E-state index is 0.441. The average Bonchev–Trinajstić information content (AvgIpc) is 2.97. The Bertz CT molecular complexity index is 652. The molecule has 0 radical (unpaired) electrons. The van der Waals surface area contributed by atoms with Gasteiger partial charge >= 0.3 is 0 Å². The quantitative estimate of drug-likeness (QED) is 0.610. The zero-order chi connectivity index (χ0) is 14.5. The van der Waals surface area contributed by atoms with Gasteiger partial charge in [-0.3, -0.25) is 0 Å². The topological polar surface area (TPSA) is 49.9 Å². The standard InChI is InChI=1S/C17H18N2S/c1-3-12-7-9-15(18)17(14(12)4-2)16(19)10-8-13-6-5-11-20-13/h3,5-11,19H,1,4,18H2,2H3/b10-8+,19-16?. The summed E-state index contributed by atoms with van der Waals surface area (Å²) >= 11 is 1.65. The second-order valence-corrected chi connectivity index (χ2v) is 5.40. The van der Waals surface area contributed by atoms with E-state index < -0.39 is 0 Å². The Balaban J connectivity index is 2.41. The van der Waals surface area contributed by atoms with Gasteiger partial charge in [0.15, 0.2) is 0 Å². The fraction of sp³-hybridized carbons (Fsp3) is 0.118. The van der Waals surface area contributed by atoms with Crippen molar-refractivity contribution >= 4 is 34.9 Å². The molecule has 0 saturated carbocycles. The van der Waals surface area contributed by atoms with Crippen LogP contribution in [0.25, 0.3) is 12.2 Å². The molecule has 20 heavy (non-hydrogen) atoms. The summed E-state index contributed by atoms with van der Waals surface area (Å²) in [5.74, 6) is 0. The minimum atomic E-state index is 0.441. The van der Waals surface area contributed by atoms with E-state index in [-0.39, 0.29) is 0 Å². The highest BCUT2D eigenvalue weighted by Crippen LogP contribution is 2.24. The number of nitrogens with one attached hydrogen (secondary N) is 1. The summed E-state index contributed by atoms with van der Waals surface area (Å²) in [6, 6.07) is 7.83. The number of thiophene rings is 1. The van der Waals surface area contributed by atoms with Gasteiger partial charge in [0.05, 0.1) is 5.71 Å². The first kappa shape index (κ1) is 14.3. The van der Waals surface area contributed by atoms with Gasteiger partial charge in [0.25, 0.3) is 0 Å². The van der Waals surface area contributed by atoms with Gasteiger partial charge in [0, 0.05) is 16.1 Å². The first-order valence-corrected chi connectivity index (χ1v) is 7.39. The molecule has 0 atom stereocenters. The van der Waals surface area contributed by atoms with Gasteiger partial charge in [0.2, 0.25) is 0 Å². The number of hydrogen-bond donors (Lipinski definition) is 2. The van der Waals surface area contributed by atoms with Crippen LogP contribution in [0.15, 0.2) is 42.3 Å². The normalized spacial score (nSPS) is 10.8. The number of rotatable bonds is 5. The smallest absolute Gasteiger partial charge is 0.0636 e. The van der Waals surface area contributed by atoms with Gasteiger partial charge in [-0.25, -0.2) is 0 Å². The maximum Gasteiger partial charge on any atom is 0.0636 e. The van der Waals surface area contributed by atoms with E-state index in [1.54, 1.807) is 11.3 Å². The lowest BCUT2D eigenvalue weighted by Gasteiger charge is -2.13. The van der Waals surface area contributed by atoms with Crippen LogP contribution in [0.5, 0.6) is 0 Å². The molecule has 1 heterocycles. The van der Waals surface area contributed by atoms with Crippen LogP contribution < -0.4 is 5.73 Å². The van der Waals surface area contributed by atoms with Crippen LogP contribution in [0, 0.1) is 5.41 Å². The van der Waals surface area contributed by atoms with Crippen molar-refractivity contribution in [3.05, 3.63) is 63.9 Å². The second kappa shape index (κ2) is 6.35. The highest BCUT2D eigenvalue weighted by molar-refractivity contribution is 7.10. The fourth-order valence-corrected chi connectivity index (χ4v) is 2.83. The largest absolute Gasteiger partial charge is 0.398 e. The van der Waals surface area contributed by atoms with E-state index in [2.05, 4.69) is 13.5 Å². The Labute approximate surface area is 123 Å². The van der Waals surface area contributed by atoms with Crippen LogP contribution in [0.2, 0.25) is 0 Å². The molecule has 2 aromatic rings. The predicted molar refractivity (Wildman–Crippen MR) is 90.5 cm³/mol. The lowest BCUT2D eigenvalue weighted by molar-refractivity contribution is 1.13. The molecule has 1 aromatic heterocycles. The molecule has 0 bridgehead atoms. The molecular weight excluding hydrogens is 264 g/mol. The molecule has 102 valence electrons. The van der Waals surface area contributed by atoms with E-state index in [1.807, 2.05) is 47.9 Å². The highest BCUT2D eigenvalue weighted by atomic mass is 32.1. The minimum Gasteiger partial charge on any atom is -0.398 e. The lowest BCUT2D eigenvalue weighted by atomic mass is 9.93. The van der Waals surface area contributed by atoms with E-state index in [0.29, 0.717) is 11.4 Å². The monoisotopic (exact) mass is 282 g/mol. The zero-order valence-electron chi connectivity index (χ0n) is 11.5. The van der Waals surface area contributed by atoms with Crippen LogP contribution in [-0.2, 0) is 6.42 Å². The third-order valence-electron chi connectivity index (χ3n) is 3.18. The van der Waals surface area contributed by atoms with Crippen LogP contribution in [0.1, 0.15) is 28.5 Å². The summed E-state index contributed by atoms with van der Waals surface area (Å²) in [7, 11) is 0. The Morgan fingerprint density at radius 1 is 1.40 bits per heavy atom. The fourth-order valence-electron chi connectivity index (χ4n) is 2.21. The Morgan fingerprint density at radius 3 is 2.80 bits per heavy atom. The molecule has 2 nitrogen and oxygen atoms in total. The third kappa shape index (κ3) is 2.89. The van der Waals surface area contributed by atoms with Crippen molar-refractivity contribution in [2.45, 2.75) is 13.3 Å². The van der Waals surface area contributed by atoms with Gasteiger partial charge in [-0.2, -0.15) is 0 Å². The summed E-state index contributed by atoms with van der Waals surface area (Å²) in [5.41, 5.74) is 10.1. The number of nitrogen functional groups attached to an aromatic ring is 1. The summed E-state index contributed by atoms with van der Waals surface area (Å²) in [5, 5.41) is 10.3. The maximum atomic E-state index is 8.29. The molecular formula is C17H18N2S. The summed E-state index contributed by atoms with van der Waals surface area (Å²) in [4.78, 5) is 1.13. The third-order valence-corrected chi connectivity index (χ3v) is 4.02. The number of anilines is 1. The van der Waals surface area contributed by atoms with E-state index >= 15 is 0 Å². The van der Waals surface area contributed by atoms with Crippen molar-refractivity contribution in [3.63, 3.8) is 0 Å². The summed E-state index contributed by atoms with van der Waals surface area (Å²) in [6.07, 6.45) is 6.41. The molecule has 0 aliphatic heterocycles. The van der Waals surface area contributed by atoms with Crippen molar-refractivity contribution < 1.29 is 0 Å². The van der Waals surface area contributed by atoms with E-state index in [1.165, 1.54) is 0 Å². The van der Waals surface area contributed by atoms with Gasteiger partial charge in [-0.1, -0.05) is 31.7 Å². The van der Waals surface area contributed by atoms with Gasteiger partial charge in [-0.05, 0) is 47.2 Å². The number of allylic oxidation sites excluding steroid dienone is 1. The molecule has 0 amide bonds. The van der Waals surface area contributed by atoms with Crippen LogP contribution >= 0.6 is 11.3 Å². The summed E-state index contributed by atoms with van der Waals surface area (Å²) in [6.45, 7) is 5.90. The molecule has 0 spiro atoms. The Hall–Kier alpha value is -2.13. The number of nitrogens with two attached hydrogens (primary N) is 1. The molecule has 0 aliphatic carbocycles. The molecule has 2 rings (SSSR count). The lowest BCUT2D eigenvalue weighted by Crippen LogP contribution is -2.07. The maximum absolute atomic E-state index is 8.29. The molecule has 1 aromatic carbocycles. The van der Waals surface area contributed by atoms with Crippen molar-refractivity contribution in [2.24, 2.45) is 0 Å². The molecule has 0 unspecified atom stereocenters. The van der Waals surface area contributed by atoms with Crippen molar-refractivity contribution in [3.8, 4) is 0 Å². The number of benzene rings is 1. The van der Waals surface area contributed by atoms with Crippen molar-refractivity contribution in [1.82, 2.24) is 0 Å². The van der Waals surface area contributed by atoms with E-state index in [0.717, 1.165) is 28.0 Å². The van der Waals surface area contributed by atoms with Gasteiger partial charge < -0.3 is 11.1 Å². The molecule has 0 aliphatic rings. The van der Waals surface area contributed by atoms with Crippen LogP contribution in [-0.4, -0.2) is 5.71 Å². The number of hydrogen-bond acceptors (Lipinski definition) is 3. The predicted octanol–water partition coefficient (Wildman–Crippen LogP) is 4.62. The van der Waals surface area contributed by atoms with Crippen LogP contribution in [0.4, 0.5) is 5.69 Å². The van der Waals surface area contributed by atoms with E-state index in [9.17, 15) is 0 Å². The zero-order valence-corrected chi connectivity index (χ0v) is 12.3. The van der Waals surface area contributed by atoms with E-state index in [4.69, 9.17) is 11.1 Å². The Kier molecular flexibility index (Phi) is 4.53. The molecule has 3 N–H and O–H groups in total. The first-order valence-electron chi connectivity index (χ1n) is 6.51. The second-order valence-electron chi connectivity index (χ2n) is 4.42. The average molecular weight is 282 g/mol. The highest BCUT2D eigenvalue weighted by Gasteiger charge is 2.11.